The fourth-order valence-corrected chi connectivity index (χ4v) is 7.68. The molecule has 1 spiro atoms. The van der Waals surface area contributed by atoms with E-state index in [9.17, 15) is 14.7 Å². The molecule has 5 rings (SSSR count). The summed E-state index contributed by atoms with van der Waals surface area (Å²) in [6, 6.07) is 5.75. The van der Waals surface area contributed by atoms with Crippen LogP contribution < -0.4 is 4.90 Å². The highest BCUT2D eigenvalue weighted by atomic mass is 16.6. The molecule has 172 valence electrons. The molecule has 1 saturated heterocycles. The second kappa shape index (κ2) is 6.81. The van der Waals surface area contributed by atoms with Crippen LogP contribution in [0.5, 0.6) is 0 Å². The van der Waals surface area contributed by atoms with Crippen LogP contribution in [-0.4, -0.2) is 73.0 Å². The number of aryl methyl sites for hydroxylation is 1. The van der Waals surface area contributed by atoms with E-state index in [1.54, 1.807) is 0 Å². The lowest BCUT2D eigenvalue weighted by atomic mass is 9.47. The first-order valence-electron chi connectivity index (χ1n) is 11.4. The molecular weight excluding hydrogens is 408 g/mol. The molecule has 0 radical (unpaired) electrons. The summed E-state index contributed by atoms with van der Waals surface area (Å²) in [7, 11) is 3.21. The minimum Gasteiger partial charge on any atom is -0.467 e. The van der Waals surface area contributed by atoms with E-state index in [4.69, 9.17) is 9.47 Å². The average Bonchev–Trinajstić information content (AvgIpc) is 3.27. The lowest BCUT2D eigenvalue weighted by Gasteiger charge is -2.63. The molecule has 32 heavy (non-hydrogen) atoms. The van der Waals surface area contributed by atoms with Crippen LogP contribution in [0.4, 0.5) is 5.69 Å². The molecule has 4 aliphatic rings. The van der Waals surface area contributed by atoms with Gasteiger partial charge in [-0.15, -0.1) is 0 Å². The van der Waals surface area contributed by atoms with Crippen molar-refractivity contribution < 1.29 is 24.2 Å². The van der Waals surface area contributed by atoms with Gasteiger partial charge in [-0.25, -0.2) is 4.79 Å². The quantitative estimate of drug-likeness (QED) is 0.568. The zero-order valence-corrected chi connectivity index (χ0v) is 19.4. The summed E-state index contributed by atoms with van der Waals surface area (Å²) in [5, 5.41) is 12.4. The van der Waals surface area contributed by atoms with Gasteiger partial charge >= 0.3 is 11.9 Å². The Morgan fingerprint density at radius 3 is 2.69 bits per heavy atom. The van der Waals surface area contributed by atoms with Gasteiger partial charge in [-0.2, -0.15) is 0 Å². The number of benzene rings is 1. The van der Waals surface area contributed by atoms with E-state index in [0.29, 0.717) is 6.42 Å². The van der Waals surface area contributed by atoms with Gasteiger partial charge in [0.1, 0.15) is 0 Å². The van der Waals surface area contributed by atoms with Crippen molar-refractivity contribution >= 4 is 17.6 Å². The van der Waals surface area contributed by atoms with Crippen LogP contribution >= 0.6 is 0 Å². The first-order valence-corrected chi connectivity index (χ1v) is 11.4. The predicted molar refractivity (Wildman–Crippen MR) is 119 cm³/mol. The summed E-state index contributed by atoms with van der Waals surface area (Å²) in [5.74, 6) is -1.27. The number of hydrogen-bond acceptors (Lipinski definition) is 7. The maximum atomic E-state index is 13.5. The van der Waals surface area contributed by atoms with Gasteiger partial charge in [0, 0.05) is 43.1 Å². The molecule has 2 fully saturated rings. The molecular formula is C25H32N2O5. The molecule has 0 bridgehead atoms. The molecule has 0 aromatic heterocycles. The summed E-state index contributed by atoms with van der Waals surface area (Å²) >= 11 is 0. The lowest BCUT2D eigenvalue weighted by Crippen LogP contribution is -2.81. The van der Waals surface area contributed by atoms with Crippen LogP contribution in [0.2, 0.25) is 0 Å². The van der Waals surface area contributed by atoms with Crippen molar-refractivity contribution in [2.75, 3.05) is 32.1 Å². The third-order valence-electron chi connectivity index (χ3n) is 8.57. The van der Waals surface area contributed by atoms with E-state index in [-0.39, 0.29) is 6.04 Å². The van der Waals surface area contributed by atoms with Gasteiger partial charge in [-0.05, 0) is 43.5 Å². The Hall–Kier alpha value is -2.38. The monoisotopic (exact) mass is 440 g/mol. The SMILES string of the molecule is CC[C@]12C=CCN3CC[C@@]4(c5ccc(C)cc5N(C)[C@H]4C(O)(C(=O)OC)[C@@H]1OC(C)=O)[C@@H]32. The van der Waals surface area contributed by atoms with E-state index in [0.717, 1.165) is 36.3 Å². The molecule has 1 unspecified atom stereocenters. The summed E-state index contributed by atoms with van der Waals surface area (Å²) in [4.78, 5) is 30.2. The Bertz CT molecular complexity index is 1020. The molecule has 1 saturated carbocycles. The maximum Gasteiger partial charge on any atom is 0.344 e. The van der Waals surface area contributed by atoms with Crippen LogP contribution in [0, 0.1) is 12.3 Å². The number of methoxy groups -OCH3 is 1. The number of aliphatic hydroxyl groups is 1. The van der Waals surface area contributed by atoms with E-state index in [1.807, 2.05) is 25.8 Å². The Labute approximate surface area is 189 Å². The Balaban J connectivity index is 1.88. The Morgan fingerprint density at radius 1 is 1.28 bits per heavy atom. The fraction of sp³-hybridized carbons (Fsp3) is 0.600. The molecule has 3 heterocycles. The van der Waals surface area contributed by atoms with Crippen molar-refractivity contribution in [1.82, 2.24) is 4.90 Å². The number of ether oxygens (including phenoxy) is 2. The molecule has 1 aliphatic carbocycles. The van der Waals surface area contributed by atoms with Crippen LogP contribution in [0.1, 0.15) is 37.8 Å². The minimum absolute atomic E-state index is 0.0179. The first-order chi connectivity index (χ1) is 15.2. The summed E-state index contributed by atoms with van der Waals surface area (Å²) < 4.78 is 11.1. The predicted octanol–water partition coefficient (Wildman–Crippen LogP) is 1.94. The summed E-state index contributed by atoms with van der Waals surface area (Å²) in [6.45, 7) is 7.07. The normalized spacial score (nSPS) is 39.3. The minimum atomic E-state index is -2.04. The smallest absolute Gasteiger partial charge is 0.344 e. The van der Waals surface area contributed by atoms with Crippen molar-refractivity contribution in [1.29, 1.82) is 0 Å². The first kappa shape index (κ1) is 21.5. The van der Waals surface area contributed by atoms with Crippen LogP contribution in [-0.2, 0) is 24.5 Å². The lowest BCUT2D eigenvalue weighted by molar-refractivity contribution is -0.228. The number of carbonyl (C=O) groups excluding carboxylic acids is 2. The van der Waals surface area contributed by atoms with E-state index in [2.05, 4.69) is 35.3 Å². The van der Waals surface area contributed by atoms with Gasteiger partial charge in [0.05, 0.1) is 13.2 Å². The second-order valence-corrected chi connectivity index (χ2v) is 9.90. The topological polar surface area (TPSA) is 79.3 Å². The number of anilines is 1. The van der Waals surface area contributed by atoms with Crippen molar-refractivity contribution in [2.24, 2.45) is 5.41 Å². The highest BCUT2D eigenvalue weighted by molar-refractivity contribution is 5.86. The largest absolute Gasteiger partial charge is 0.467 e. The van der Waals surface area contributed by atoms with Crippen molar-refractivity contribution in [2.45, 2.75) is 62.8 Å². The Morgan fingerprint density at radius 2 is 2.03 bits per heavy atom. The third kappa shape index (κ3) is 2.28. The molecule has 0 amide bonds. The zero-order chi connectivity index (χ0) is 23.1. The second-order valence-electron chi connectivity index (χ2n) is 9.90. The van der Waals surface area contributed by atoms with Gasteiger partial charge in [0.25, 0.3) is 0 Å². The zero-order valence-electron chi connectivity index (χ0n) is 19.4. The van der Waals surface area contributed by atoms with E-state index < -0.39 is 40.5 Å². The highest BCUT2D eigenvalue weighted by Gasteiger charge is 2.80. The van der Waals surface area contributed by atoms with Gasteiger partial charge in [-0.3, -0.25) is 9.69 Å². The fourth-order valence-electron chi connectivity index (χ4n) is 7.68. The number of likely N-dealkylation sites (N-methyl/N-ethyl adjacent to an activating group) is 1. The van der Waals surface area contributed by atoms with Crippen molar-refractivity contribution in [3.05, 3.63) is 41.5 Å². The molecule has 1 aromatic carbocycles. The molecule has 7 nitrogen and oxygen atoms in total. The van der Waals surface area contributed by atoms with Crippen LogP contribution in [0.15, 0.2) is 30.4 Å². The number of fused-ring (bicyclic) bond motifs is 1. The van der Waals surface area contributed by atoms with Crippen molar-refractivity contribution in [3.63, 3.8) is 0 Å². The number of carbonyl (C=O) groups is 2. The number of esters is 2. The molecule has 7 heteroatoms. The van der Waals surface area contributed by atoms with Crippen LogP contribution in [0.25, 0.3) is 0 Å². The van der Waals surface area contributed by atoms with Gasteiger partial charge in [-0.1, -0.05) is 31.2 Å². The Kier molecular flexibility index (Phi) is 4.57. The van der Waals surface area contributed by atoms with E-state index in [1.165, 1.54) is 14.0 Å². The average molecular weight is 441 g/mol. The molecule has 3 aliphatic heterocycles. The number of nitrogens with zero attached hydrogens (tertiary/aromatic N) is 2. The highest BCUT2D eigenvalue weighted by Crippen LogP contribution is 2.67. The van der Waals surface area contributed by atoms with Crippen molar-refractivity contribution in [3.8, 4) is 0 Å². The number of rotatable bonds is 3. The molecule has 1 N–H and O–H groups in total. The molecule has 1 aromatic rings. The van der Waals surface area contributed by atoms with Gasteiger partial charge < -0.3 is 19.5 Å². The van der Waals surface area contributed by atoms with E-state index >= 15 is 0 Å². The molecule has 6 atom stereocenters. The third-order valence-corrected chi connectivity index (χ3v) is 8.57. The number of hydrogen-bond donors (Lipinski definition) is 1. The maximum absolute atomic E-state index is 13.5. The standard InChI is InChI=1S/C25H32N2O5/c1-6-23-10-7-12-27-13-11-24(19(23)27)17-9-8-15(2)14-18(17)26(4)20(24)25(30,22(29)31-5)21(23)32-16(3)28/h7-10,14,19-21,30H,6,11-13H2,1-5H3/t19-,20+,21+,23+,24+,25?/m0/s1. The summed E-state index contributed by atoms with van der Waals surface area (Å²) in [5.41, 5.74) is 0.0171. The summed E-state index contributed by atoms with van der Waals surface area (Å²) in [6.07, 6.45) is 4.52. The van der Waals surface area contributed by atoms with Gasteiger partial charge in [0.2, 0.25) is 5.60 Å². The van der Waals surface area contributed by atoms with Gasteiger partial charge in [0.15, 0.2) is 6.10 Å². The van der Waals surface area contributed by atoms with Crippen LogP contribution in [0.3, 0.4) is 0 Å².